The zero-order valence-electron chi connectivity index (χ0n) is 19.6. The van der Waals surface area contributed by atoms with Gasteiger partial charge in [0.05, 0.1) is 34.0 Å². The maximum atomic E-state index is 12.9. The smallest absolute Gasteiger partial charge is 0.346 e. The van der Waals surface area contributed by atoms with Crippen LogP contribution in [0.4, 0.5) is 5.69 Å². The topological polar surface area (TPSA) is 55.8 Å². The second kappa shape index (κ2) is 9.60. The lowest BCUT2D eigenvalue weighted by Gasteiger charge is -2.44. The molecule has 4 rings (SSSR count). The van der Waals surface area contributed by atoms with Crippen LogP contribution in [0.25, 0.3) is 10.5 Å². The summed E-state index contributed by atoms with van der Waals surface area (Å²) in [5.41, 5.74) is 2.63. The summed E-state index contributed by atoms with van der Waals surface area (Å²) in [6, 6.07) is 15.5. The average Bonchev–Trinajstić information content (AvgIpc) is 3.25. The Labute approximate surface area is 213 Å². The van der Waals surface area contributed by atoms with E-state index >= 15 is 0 Å². The summed E-state index contributed by atoms with van der Waals surface area (Å²) in [6.07, 6.45) is 0. The van der Waals surface area contributed by atoms with E-state index in [9.17, 15) is 9.59 Å². The first-order chi connectivity index (χ1) is 16.2. The van der Waals surface area contributed by atoms with E-state index in [0.29, 0.717) is 22.1 Å². The van der Waals surface area contributed by atoms with Crippen LogP contribution in [0.3, 0.4) is 0 Å². The van der Waals surface area contributed by atoms with Crippen molar-refractivity contribution in [1.29, 1.82) is 0 Å². The molecule has 2 heterocycles. The van der Waals surface area contributed by atoms with Crippen LogP contribution in [0.5, 0.6) is 5.75 Å². The van der Waals surface area contributed by atoms with Gasteiger partial charge in [0.2, 0.25) is 5.91 Å². The molecule has 0 bridgehead atoms. The van der Waals surface area contributed by atoms with Crippen LogP contribution in [-0.4, -0.2) is 36.0 Å². The zero-order valence-corrected chi connectivity index (χ0v) is 22.1. The van der Waals surface area contributed by atoms with Crippen LogP contribution >= 0.6 is 35.7 Å². The highest BCUT2D eigenvalue weighted by Gasteiger charge is 2.45. The summed E-state index contributed by atoms with van der Waals surface area (Å²) in [5, 5.41) is 0. The van der Waals surface area contributed by atoms with Crippen molar-refractivity contribution < 1.29 is 19.1 Å². The molecule has 0 spiro atoms. The van der Waals surface area contributed by atoms with Gasteiger partial charge in [0.25, 0.3) is 0 Å². The minimum absolute atomic E-state index is 0.104. The maximum Gasteiger partial charge on any atom is 0.346 e. The molecule has 0 radical (unpaired) electrons. The van der Waals surface area contributed by atoms with Gasteiger partial charge < -0.3 is 14.4 Å². The van der Waals surface area contributed by atoms with Gasteiger partial charge in [-0.25, -0.2) is 4.79 Å². The largest absolute Gasteiger partial charge is 0.497 e. The number of amides is 1. The van der Waals surface area contributed by atoms with Crippen LogP contribution < -0.4 is 9.64 Å². The Morgan fingerprint density at radius 1 is 1.09 bits per heavy atom. The first-order valence-electron chi connectivity index (χ1n) is 10.8. The van der Waals surface area contributed by atoms with E-state index < -0.39 is 5.54 Å². The predicted octanol–water partition coefficient (Wildman–Crippen LogP) is 6.29. The minimum Gasteiger partial charge on any atom is -0.497 e. The van der Waals surface area contributed by atoms with Gasteiger partial charge >= 0.3 is 5.97 Å². The maximum absolute atomic E-state index is 12.9. The Bertz CT molecular complexity index is 1250. The molecule has 5 nitrogen and oxygen atoms in total. The molecule has 2 aromatic carbocycles. The molecule has 0 fully saturated rings. The van der Waals surface area contributed by atoms with Gasteiger partial charge in [0.1, 0.15) is 10.7 Å². The fourth-order valence-electron chi connectivity index (χ4n) is 4.14. The highest BCUT2D eigenvalue weighted by molar-refractivity contribution is 8.32. The van der Waals surface area contributed by atoms with Crippen LogP contribution in [0.2, 0.25) is 0 Å². The van der Waals surface area contributed by atoms with Gasteiger partial charge in [-0.1, -0.05) is 66.1 Å². The molecule has 0 saturated heterocycles. The zero-order chi connectivity index (χ0) is 24.6. The number of benzene rings is 2. The summed E-state index contributed by atoms with van der Waals surface area (Å²) >= 11 is 8.90. The van der Waals surface area contributed by atoms with Crippen LogP contribution in [0.1, 0.15) is 38.8 Å². The third kappa shape index (κ3) is 4.19. The summed E-state index contributed by atoms with van der Waals surface area (Å²) in [7, 11) is 1.60. The molecular weight excluding hydrogens is 486 g/mol. The number of fused-ring (bicyclic) bond motifs is 1. The molecule has 0 atom stereocenters. The number of anilines is 1. The lowest BCUT2D eigenvalue weighted by atomic mass is 9.83. The summed E-state index contributed by atoms with van der Waals surface area (Å²) in [5.74, 6) is 0.198. The van der Waals surface area contributed by atoms with Crippen LogP contribution in [0, 0.1) is 0 Å². The number of nitrogens with zero attached hydrogens (tertiary/aromatic N) is 1. The summed E-state index contributed by atoms with van der Waals surface area (Å²) in [6.45, 7) is 7.52. The Morgan fingerprint density at radius 2 is 1.79 bits per heavy atom. The van der Waals surface area contributed by atoms with Gasteiger partial charge in [0, 0.05) is 29.0 Å². The van der Waals surface area contributed by atoms with E-state index in [1.54, 1.807) is 25.9 Å². The molecule has 2 aliphatic heterocycles. The lowest BCUT2D eigenvalue weighted by Crippen LogP contribution is -2.55. The molecule has 34 heavy (non-hydrogen) atoms. The summed E-state index contributed by atoms with van der Waals surface area (Å²) in [4.78, 5) is 29.4. The average molecular weight is 512 g/mol. The number of methoxy groups -OCH3 is 1. The monoisotopic (exact) mass is 511 g/mol. The van der Waals surface area contributed by atoms with Crippen LogP contribution in [0.15, 0.2) is 57.7 Å². The van der Waals surface area contributed by atoms with E-state index in [1.165, 1.54) is 23.5 Å². The van der Waals surface area contributed by atoms with Crippen molar-refractivity contribution >= 4 is 68.6 Å². The van der Waals surface area contributed by atoms with Gasteiger partial charge in [-0.05, 0) is 38.5 Å². The van der Waals surface area contributed by atoms with Gasteiger partial charge in [0.15, 0.2) is 0 Å². The Hall–Kier alpha value is -2.55. The van der Waals surface area contributed by atoms with Crippen molar-refractivity contribution in [2.24, 2.45) is 0 Å². The van der Waals surface area contributed by atoms with Crippen LogP contribution in [-0.2, 0) is 14.3 Å². The molecule has 2 aliphatic rings. The van der Waals surface area contributed by atoms with E-state index in [2.05, 4.69) is 0 Å². The molecule has 0 unspecified atom stereocenters. The molecule has 0 aromatic heterocycles. The van der Waals surface area contributed by atoms with Crippen molar-refractivity contribution in [1.82, 2.24) is 0 Å². The third-order valence-electron chi connectivity index (χ3n) is 5.67. The predicted molar refractivity (Wildman–Crippen MR) is 145 cm³/mol. The highest BCUT2D eigenvalue weighted by atomic mass is 32.2. The number of rotatable bonds is 4. The fraction of sp³-hybridized carbons (Fsp3) is 0.269. The number of esters is 1. The number of thiocarbonyl (C=S) groups is 1. The molecule has 0 N–H and O–H groups in total. The number of ether oxygens (including phenoxy) is 2. The molecule has 2 aromatic rings. The fourth-order valence-corrected chi connectivity index (χ4v) is 7.27. The highest BCUT2D eigenvalue weighted by Crippen LogP contribution is 2.58. The normalized spacial score (nSPS) is 19.2. The third-order valence-corrected chi connectivity index (χ3v) is 9.00. The van der Waals surface area contributed by atoms with Crippen molar-refractivity contribution in [3.63, 3.8) is 0 Å². The first kappa shape index (κ1) is 24.6. The molecule has 0 aliphatic carbocycles. The summed E-state index contributed by atoms with van der Waals surface area (Å²) < 4.78 is 11.7. The molecule has 176 valence electrons. The van der Waals surface area contributed by atoms with Gasteiger partial charge in [-0.15, -0.1) is 0 Å². The minimum atomic E-state index is -0.746. The van der Waals surface area contributed by atoms with E-state index in [1.807, 2.05) is 62.4 Å². The van der Waals surface area contributed by atoms with E-state index in [0.717, 1.165) is 31.5 Å². The standard InChI is InChI=1S/C26H25NO4S3/c1-6-31-24(29)22-21(16-10-8-7-9-11-16)33-25(34-22)20-18-13-12-17(30-5)14-19(18)27(15(2)28)26(3,4)23(20)32/h7-14H,6H2,1-5H3/b25-20-. The SMILES string of the molecule is CCOC(=O)C1=C(c2ccccc2)S/C(=C2/C(=S)C(C)(C)N(C(C)=O)c3cc(OC)ccc32)S1. The molecule has 1 amide bonds. The van der Waals surface area contributed by atoms with Crippen molar-refractivity contribution in [3.8, 4) is 5.75 Å². The van der Waals surface area contributed by atoms with Crippen molar-refractivity contribution in [2.75, 3.05) is 18.6 Å². The Balaban J connectivity index is 1.92. The first-order valence-corrected chi connectivity index (χ1v) is 12.9. The lowest BCUT2D eigenvalue weighted by molar-refractivity contribution is -0.137. The molecule has 0 saturated carbocycles. The molecular formula is C26H25NO4S3. The number of carbonyl (C=O) groups excluding carboxylic acids is 2. The van der Waals surface area contributed by atoms with Gasteiger partial charge in [-0.3, -0.25) is 4.79 Å². The van der Waals surface area contributed by atoms with Gasteiger partial charge in [-0.2, -0.15) is 0 Å². The van der Waals surface area contributed by atoms with Crippen molar-refractivity contribution in [3.05, 3.63) is 68.8 Å². The number of carbonyl (C=O) groups is 2. The Kier molecular flexibility index (Phi) is 6.94. The second-order valence-electron chi connectivity index (χ2n) is 8.24. The quantitative estimate of drug-likeness (QED) is 0.272. The van der Waals surface area contributed by atoms with E-state index in [-0.39, 0.29) is 11.9 Å². The Morgan fingerprint density at radius 3 is 2.41 bits per heavy atom. The number of thioether (sulfide) groups is 2. The van der Waals surface area contributed by atoms with Crippen molar-refractivity contribution in [2.45, 2.75) is 33.2 Å². The van der Waals surface area contributed by atoms with E-state index in [4.69, 9.17) is 21.7 Å². The second-order valence-corrected chi connectivity index (χ2v) is 10.9. The number of hydrogen-bond donors (Lipinski definition) is 0. The molecule has 8 heteroatoms. The number of hydrogen-bond acceptors (Lipinski definition) is 7.